The standard InChI is InChI=1S/C36H59N13O14S3/c1-66-9-6-17-29(57)45-19(10-27(54)55)30(58)48-23(16-65)33(61)46-20(13-50)28(56)40-11-26(53)43-22(15-64)32(60)47-21(14-51)31(59)44-18(4-2-7-39-36(37)38)35(63)49-8-3-5-24(49)34(62)41-12-25(52)42-17/h17-24,50-51,64-65H,2-16H2,1H3,(H,40,56)(H,41,62)(H,42,52)(H,43,53)(H,44,59)(H,45,57)(H,46,61)(H,47,60)(H,48,58)(H,54,55)(H4,37,38,39)/t17-,18-,19-,20-,21-,22-,23-,24-/m0/s1. The van der Waals surface area contributed by atoms with Gasteiger partial charge in [-0.2, -0.15) is 37.0 Å². The molecule has 27 nitrogen and oxygen atoms in total. The fraction of sp³-hybridized carbons (Fsp3) is 0.667. The lowest BCUT2D eigenvalue weighted by molar-refractivity contribution is -0.142. The Morgan fingerprint density at radius 1 is 0.667 bits per heavy atom. The number of aliphatic imine (C=N–C) groups is 1. The van der Waals surface area contributed by atoms with Crippen LogP contribution in [-0.2, 0) is 52.7 Å². The minimum Gasteiger partial charge on any atom is -0.481 e. The van der Waals surface area contributed by atoms with Gasteiger partial charge in [0.1, 0.15) is 48.3 Å². The number of aliphatic hydroxyl groups is 2. The maximum Gasteiger partial charge on any atom is 0.305 e. The predicted molar refractivity (Wildman–Crippen MR) is 241 cm³/mol. The first-order valence-corrected chi connectivity index (χ1v) is 23.1. The predicted octanol–water partition coefficient (Wildman–Crippen LogP) is -8.26. The summed E-state index contributed by atoms with van der Waals surface area (Å²) in [4.78, 5) is 150. The Hall–Kier alpha value is -5.59. The molecule has 0 bridgehead atoms. The quantitative estimate of drug-likeness (QED) is 0.0353. The minimum absolute atomic E-state index is 0.0279. The third-order valence-corrected chi connectivity index (χ3v) is 11.2. The Morgan fingerprint density at radius 3 is 1.68 bits per heavy atom. The number of hydrogen-bond acceptors (Lipinski definition) is 17. The van der Waals surface area contributed by atoms with Gasteiger partial charge in [0.2, 0.25) is 59.1 Å². The molecular weight excluding hydrogens is 935 g/mol. The van der Waals surface area contributed by atoms with Gasteiger partial charge in [-0.25, -0.2) is 0 Å². The fourth-order valence-corrected chi connectivity index (χ4v) is 7.34. The van der Waals surface area contributed by atoms with E-state index in [9.17, 15) is 68.1 Å². The van der Waals surface area contributed by atoms with Gasteiger partial charge in [-0.1, -0.05) is 0 Å². The Balaban J connectivity index is 2.52. The summed E-state index contributed by atoms with van der Waals surface area (Å²) >= 11 is 9.39. The second kappa shape index (κ2) is 29.1. The van der Waals surface area contributed by atoms with Crippen molar-refractivity contribution in [3.63, 3.8) is 0 Å². The zero-order valence-corrected chi connectivity index (χ0v) is 38.5. The summed E-state index contributed by atoms with van der Waals surface area (Å²) in [5.41, 5.74) is 10.8. The van der Waals surface area contributed by atoms with E-state index in [2.05, 4.69) is 78.1 Å². The van der Waals surface area contributed by atoms with Crippen molar-refractivity contribution in [2.45, 2.75) is 86.9 Å². The van der Waals surface area contributed by atoms with E-state index in [1.807, 2.05) is 0 Å². The molecule has 2 saturated heterocycles. The zero-order valence-electron chi connectivity index (χ0n) is 35.9. The highest BCUT2D eigenvalue weighted by atomic mass is 32.2. The van der Waals surface area contributed by atoms with Crippen molar-refractivity contribution in [1.82, 2.24) is 52.8 Å². The molecule has 0 aromatic rings. The first kappa shape index (κ1) is 56.5. The molecule has 2 fully saturated rings. The third kappa shape index (κ3) is 18.7. The van der Waals surface area contributed by atoms with Gasteiger partial charge in [-0.15, -0.1) is 0 Å². The van der Waals surface area contributed by atoms with Crippen LogP contribution in [-0.4, -0.2) is 202 Å². The highest BCUT2D eigenvalue weighted by Gasteiger charge is 2.39. The lowest BCUT2D eigenvalue weighted by atomic mass is 10.1. The van der Waals surface area contributed by atoms with Gasteiger partial charge in [0.25, 0.3) is 0 Å². The molecule has 370 valence electrons. The van der Waals surface area contributed by atoms with Gasteiger partial charge in [0.05, 0.1) is 32.7 Å². The van der Waals surface area contributed by atoms with E-state index in [1.165, 1.54) is 16.7 Å². The van der Waals surface area contributed by atoms with Gasteiger partial charge in [-0.05, 0) is 44.1 Å². The normalized spacial score (nSPS) is 26.4. The van der Waals surface area contributed by atoms with Crippen LogP contribution in [0.3, 0.4) is 0 Å². The maximum atomic E-state index is 14.0. The van der Waals surface area contributed by atoms with Crippen LogP contribution in [0.1, 0.15) is 38.5 Å². The van der Waals surface area contributed by atoms with Crippen LogP contribution in [0.4, 0.5) is 0 Å². The smallest absolute Gasteiger partial charge is 0.305 e. The molecule has 0 aliphatic carbocycles. The van der Waals surface area contributed by atoms with Crippen LogP contribution < -0.4 is 59.3 Å². The number of carbonyl (C=O) groups excluding carboxylic acids is 10. The van der Waals surface area contributed by atoms with Crippen molar-refractivity contribution in [1.29, 1.82) is 0 Å². The second-order valence-corrected chi connectivity index (χ2v) is 16.4. The Morgan fingerprint density at radius 2 is 1.14 bits per heavy atom. The molecule has 2 heterocycles. The van der Waals surface area contributed by atoms with E-state index in [0.29, 0.717) is 6.42 Å². The van der Waals surface area contributed by atoms with Crippen molar-refractivity contribution >= 4 is 108 Å². The van der Waals surface area contributed by atoms with Crippen molar-refractivity contribution in [2.24, 2.45) is 16.5 Å². The Kier molecular flexibility index (Phi) is 25.0. The van der Waals surface area contributed by atoms with Gasteiger partial charge >= 0.3 is 5.97 Å². The summed E-state index contributed by atoms with van der Waals surface area (Å²) in [6, 6.07) is -12.2. The largest absolute Gasteiger partial charge is 0.481 e. The number of nitrogens with zero attached hydrogens (tertiary/aromatic N) is 2. The van der Waals surface area contributed by atoms with E-state index in [1.54, 1.807) is 6.26 Å². The molecule has 8 atom stereocenters. The topological polar surface area (TPSA) is 424 Å². The van der Waals surface area contributed by atoms with Crippen molar-refractivity contribution in [3.05, 3.63) is 0 Å². The third-order valence-electron chi connectivity index (χ3n) is 9.80. The number of nitrogens with one attached hydrogen (secondary N) is 9. The highest BCUT2D eigenvalue weighted by Crippen LogP contribution is 2.20. The molecule has 0 aromatic heterocycles. The molecule has 0 unspecified atom stereocenters. The first-order valence-electron chi connectivity index (χ1n) is 20.5. The first-order chi connectivity index (χ1) is 31.3. The molecule has 0 aromatic carbocycles. The number of aliphatic hydroxyl groups excluding tert-OH is 2. The number of fused-ring (bicyclic) bond motifs is 1. The van der Waals surface area contributed by atoms with E-state index in [-0.39, 0.29) is 56.2 Å². The number of aliphatic carboxylic acids is 1. The summed E-state index contributed by atoms with van der Waals surface area (Å²) in [6.07, 6.45) is 1.21. The van der Waals surface area contributed by atoms with Crippen LogP contribution in [0.15, 0.2) is 4.99 Å². The number of nitrogens with two attached hydrogens (primary N) is 2. The van der Waals surface area contributed by atoms with Crippen LogP contribution in [0.2, 0.25) is 0 Å². The SMILES string of the molecule is CSCC[C@@H]1NC(=O)CNC(=O)[C@@H]2CCCN2C(=O)[C@H](CCCN=C(N)N)NC(=O)[C@H](CO)NC(=O)[C@H](CS)NC(=O)CNC(=O)[C@H](CO)NC(=O)[C@H](CS)NC(=O)[C@H](CC(=O)O)NC1=O. The van der Waals surface area contributed by atoms with Crippen molar-refractivity contribution in [3.8, 4) is 0 Å². The van der Waals surface area contributed by atoms with Crippen molar-refractivity contribution in [2.75, 3.05) is 62.9 Å². The number of amides is 10. The number of thiol groups is 2. The number of carboxylic acid groups (broad SMARTS) is 1. The number of carbonyl (C=O) groups is 11. The van der Waals surface area contributed by atoms with Gasteiger partial charge < -0.3 is 79.5 Å². The molecule has 0 spiro atoms. The number of guanidine groups is 1. The summed E-state index contributed by atoms with van der Waals surface area (Å²) in [6.45, 7) is -3.45. The summed E-state index contributed by atoms with van der Waals surface area (Å²) < 4.78 is 0. The summed E-state index contributed by atoms with van der Waals surface area (Å²) in [7, 11) is 0. The number of carboxylic acids is 1. The van der Waals surface area contributed by atoms with Gasteiger partial charge in [0.15, 0.2) is 5.96 Å². The average molecular weight is 994 g/mol. The lowest BCUT2D eigenvalue weighted by Gasteiger charge is -2.30. The second-order valence-electron chi connectivity index (χ2n) is 14.7. The molecule has 2 aliphatic rings. The Bertz CT molecular complexity index is 1810. The molecule has 10 amide bonds. The monoisotopic (exact) mass is 993 g/mol. The van der Waals surface area contributed by atoms with E-state index in [4.69, 9.17) is 11.5 Å². The summed E-state index contributed by atoms with van der Waals surface area (Å²) in [5.74, 6) is -12.1. The maximum absolute atomic E-state index is 14.0. The molecule has 2 aliphatic heterocycles. The van der Waals surface area contributed by atoms with Crippen LogP contribution in [0, 0.1) is 0 Å². The van der Waals surface area contributed by atoms with Crippen molar-refractivity contribution < 1.29 is 68.1 Å². The number of thioether (sulfide) groups is 1. The zero-order chi connectivity index (χ0) is 49.5. The van der Waals surface area contributed by atoms with Gasteiger partial charge in [0, 0.05) is 24.6 Å². The fourth-order valence-electron chi connectivity index (χ4n) is 6.36. The molecule has 16 N–H and O–H groups in total. The summed E-state index contributed by atoms with van der Waals surface area (Å²) in [5, 5.41) is 50.2. The van der Waals surface area contributed by atoms with E-state index < -0.39 is 152 Å². The van der Waals surface area contributed by atoms with E-state index in [0.717, 1.165) is 0 Å². The molecule has 2 rings (SSSR count). The number of rotatable bonds is 13. The van der Waals surface area contributed by atoms with Crippen LogP contribution in [0.5, 0.6) is 0 Å². The van der Waals surface area contributed by atoms with E-state index >= 15 is 0 Å². The molecular formula is C36H59N13O14S3. The molecule has 30 heteroatoms. The molecule has 0 saturated carbocycles. The lowest BCUT2D eigenvalue weighted by Crippen LogP contribution is -2.60. The molecule has 0 radical (unpaired) electrons. The Labute approximate surface area is 393 Å². The highest BCUT2D eigenvalue weighted by molar-refractivity contribution is 7.98. The van der Waals surface area contributed by atoms with Gasteiger partial charge in [-0.3, -0.25) is 57.7 Å². The van der Waals surface area contributed by atoms with Crippen LogP contribution in [0.25, 0.3) is 0 Å². The van der Waals surface area contributed by atoms with Crippen LogP contribution >= 0.6 is 37.0 Å². The minimum atomic E-state index is -1.82. The average Bonchev–Trinajstić information content (AvgIpc) is 3.78. The molecule has 66 heavy (non-hydrogen) atoms. The number of hydrogen-bond donors (Lipinski definition) is 16.